The van der Waals surface area contributed by atoms with Crippen LogP contribution in [0.4, 0.5) is 5.69 Å². The topological polar surface area (TPSA) is 93.1 Å². The Balaban J connectivity index is 1.71. The molecule has 152 valence electrons. The average Bonchev–Trinajstić information content (AvgIpc) is 3.20. The molecule has 0 aliphatic rings. The van der Waals surface area contributed by atoms with Gasteiger partial charge in [0, 0.05) is 25.5 Å². The number of benzene rings is 2. The second kappa shape index (κ2) is 8.91. The highest BCUT2D eigenvalue weighted by molar-refractivity contribution is 7.92. The zero-order valence-corrected chi connectivity index (χ0v) is 17.2. The van der Waals surface area contributed by atoms with E-state index >= 15 is 0 Å². The number of imidazole rings is 1. The number of nitrogens with zero attached hydrogens (tertiary/aromatic N) is 2. The van der Waals surface area contributed by atoms with Crippen LogP contribution in [0.5, 0.6) is 0 Å². The molecule has 3 aromatic rings. The summed E-state index contributed by atoms with van der Waals surface area (Å²) in [7, 11) is -3.82. The third-order valence-electron chi connectivity index (χ3n) is 4.49. The van der Waals surface area contributed by atoms with Crippen molar-refractivity contribution >= 4 is 21.6 Å². The van der Waals surface area contributed by atoms with Gasteiger partial charge >= 0.3 is 0 Å². The Labute approximate surface area is 170 Å². The number of para-hydroxylation sites is 1. The van der Waals surface area contributed by atoms with Gasteiger partial charge in [-0.3, -0.25) is 9.52 Å². The standard InChI is InChI=1S/C21H24N4O3S/c1-16-8-9-17(2)20(14-16)29(27,28)24-19-7-4-3-6-18(19)21(26)23-10-5-12-25-13-11-22-15-25/h3-4,6-9,11,13-15,24H,5,10,12H2,1-2H3,(H,23,26). The van der Waals surface area contributed by atoms with Crippen LogP contribution in [0.3, 0.4) is 0 Å². The number of rotatable bonds is 8. The van der Waals surface area contributed by atoms with Crippen LogP contribution in [0, 0.1) is 13.8 Å². The van der Waals surface area contributed by atoms with Crippen molar-refractivity contribution in [2.45, 2.75) is 31.7 Å². The second-order valence-corrected chi connectivity index (χ2v) is 8.48. The van der Waals surface area contributed by atoms with Crippen molar-refractivity contribution in [2.24, 2.45) is 0 Å². The van der Waals surface area contributed by atoms with E-state index in [1.807, 2.05) is 23.8 Å². The molecule has 0 aliphatic carbocycles. The highest BCUT2D eigenvalue weighted by Gasteiger charge is 2.20. The lowest BCUT2D eigenvalue weighted by molar-refractivity contribution is 0.0953. The molecule has 0 fully saturated rings. The molecule has 0 saturated heterocycles. The number of sulfonamides is 1. The Morgan fingerprint density at radius 3 is 2.69 bits per heavy atom. The first-order valence-corrected chi connectivity index (χ1v) is 10.8. The number of amides is 1. The van der Waals surface area contributed by atoms with Crippen molar-refractivity contribution < 1.29 is 13.2 Å². The Bertz CT molecular complexity index is 1090. The van der Waals surface area contributed by atoms with Crippen molar-refractivity contribution in [3.8, 4) is 0 Å². The van der Waals surface area contributed by atoms with Gasteiger partial charge in [0.05, 0.1) is 22.5 Å². The Kier molecular flexibility index (Phi) is 6.33. The summed E-state index contributed by atoms with van der Waals surface area (Å²) in [5, 5.41) is 2.84. The summed E-state index contributed by atoms with van der Waals surface area (Å²) in [6.45, 7) is 4.78. The zero-order valence-electron chi connectivity index (χ0n) is 16.4. The van der Waals surface area contributed by atoms with Crippen molar-refractivity contribution in [1.29, 1.82) is 0 Å². The van der Waals surface area contributed by atoms with E-state index in [4.69, 9.17) is 0 Å². The van der Waals surface area contributed by atoms with Crippen LogP contribution in [0.2, 0.25) is 0 Å². The molecule has 0 atom stereocenters. The van der Waals surface area contributed by atoms with Gasteiger partial charge in [0.25, 0.3) is 15.9 Å². The summed E-state index contributed by atoms with van der Waals surface area (Å²) in [6, 6.07) is 11.8. The van der Waals surface area contributed by atoms with E-state index in [-0.39, 0.29) is 22.1 Å². The first kappa shape index (κ1) is 20.6. The molecule has 1 heterocycles. The maximum absolute atomic E-state index is 12.9. The summed E-state index contributed by atoms with van der Waals surface area (Å²) in [5.41, 5.74) is 2.02. The van der Waals surface area contributed by atoms with Crippen molar-refractivity contribution in [2.75, 3.05) is 11.3 Å². The summed E-state index contributed by atoms with van der Waals surface area (Å²) in [6.07, 6.45) is 6.02. The summed E-state index contributed by atoms with van der Waals surface area (Å²) in [4.78, 5) is 16.8. The smallest absolute Gasteiger partial charge is 0.262 e. The normalized spacial score (nSPS) is 11.2. The molecule has 1 amide bonds. The van der Waals surface area contributed by atoms with Crippen molar-refractivity contribution in [1.82, 2.24) is 14.9 Å². The third kappa shape index (κ3) is 5.23. The molecule has 2 N–H and O–H groups in total. The van der Waals surface area contributed by atoms with Gasteiger partial charge in [-0.2, -0.15) is 0 Å². The molecular weight excluding hydrogens is 388 g/mol. The molecule has 0 bridgehead atoms. The Hall–Kier alpha value is -3.13. The molecule has 0 unspecified atom stereocenters. The lowest BCUT2D eigenvalue weighted by atomic mass is 10.1. The van der Waals surface area contributed by atoms with Gasteiger partial charge in [0.15, 0.2) is 0 Å². The van der Waals surface area contributed by atoms with E-state index in [9.17, 15) is 13.2 Å². The van der Waals surface area contributed by atoms with E-state index < -0.39 is 10.0 Å². The van der Waals surface area contributed by atoms with Gasteiger partial charge in [-0.25, -0.2) is 13.4 Å². The molecule has 2 aromatic carbocycles. The van der Waals surface area contributed by atoms with Crippen LogP contribution < -0.4 is 10.0 Å². The minimum Gasteiger partial charge on any atom is -0.352 e. The van der Waals surface area contributed by atoms with Crippen LogP contribution in [0.15, 0.2) is 66.1 Å². The largest absolute Gasteiger partial charge is 0.352 e. The van der Waals surface area contributed by atoms with Gasteiger partial charge < -0.3 is 9.88 Å². The maximum Gasteiger partial charge on any atom is 0.262 e. The van der Waals surface area contributed by atoms with Gasteiger partial charge in [-0.1, -0.05) is 24.3 Å². The van der Waals surface area contributed by atoms with Crippen LogP contribution in [-0.2, 0) is 16.6 Å². The quantitative estimate of drug-likeness (QED) is 0.556. The molecule has 29 heavy (non-hydrogen) atoms. The van der Waals surface area contributed by atoms with Crippen LogP contribution in [-0.4, -0.2) is 30.4 Å². The maximum atomic E-state index is 12.9. The van der Waals surface area contributed by atoms with Gasteiger partial charge in [0.2, 0.25) is 0 Å². The molecule has 1 aromatic heterocycles. The highest BCUT2D eigenvalue weighted by Crippen LogP contribution is 2.23. The number of hydrogen-bond acceptors (Lipinski definition) is 4. The molecule has 8 heteroatoms. The molecule has 7 nitrogen and oxygen atoms in total. The summed E-state index contributed by atoms with van der Waals surface area (Å²) >= 11 is 0. The van der Waals surface area contributed by atoms with E-state index in [1.54, 1.807) is 55.8 Å². The predicted octanol–water partition coefficient (Wildman–Crippen LogP) is 3.12. The Morgan fingerprint density at radius 1 is 1.14 bits per heavy atom. The van der Waals surface area contributed by atoms with Gasteiger partial charge in [-0.15, -0.1) is 0 Å². The monoisotopic (exact) mass is 412 g/mol. The van der Waals surface area contributed by atoms with E-state index in [0.29, 0.717) is 12.1 Å². The first-order chi connectivity index (χ1) is 13.9. The molecule has 0 aliphatic heterocycles. The fraction of sp³-hybridized carbons (Fsp3) is 0.238. The summed E-state index contributed by atoms with van der Waals surface area (Å²) in [5.74, 6) is -0.324. The molecule has 0 radical (unpaired) electrons. The number of hydrogen-bond donors (Lipinski definition) is 2. The average molecular weight is 413 g/mol. The lowest BCUT2D eigenvalue weighted by Gasteiger charge is -2.14. The van der Waals surface area contributed by atoms with Crippen LogP contribution in [0.25, 0.3) is 0 Å². The second-order valence-electron chi connectivity index (χ2n) is 6.83. The number of carbonyl (C=O) groups is 1. The SMILES string of the molecule is Cc1ccc(C)c(S(=O)(=O)Nc2ccccc2C(=O)NCCCn2ccnc2)c1. The minimum absolute atomic E-state index is 0.202. The molecule has 3 rings (SSSR count). The number of anilines is 1. The third-order valence-corrected chi connectivity index (χ3v) is 5.99. The molecule has 0 spiro atoms. The fourth-order valence-corrected chi connectivity index (χ4v) is 4.35. The highest BCUT2D eigenvalue weighted by atomic mass is 32.2. The van der Waals surface area contributed by atoms with Crippen LogP contribution >= 0.6 is 0 Å². The minimum atomic E-state index is -3.82. The summed E-state index contributed by atoms with van der Waals surface area (Å²) < 4.78 is 30.3. The van der Waals surface area contributed by atoms with Gasteiger partial charge in [0.1, 0.15) is 0 Å². The number of aryl methyl sites for hydroxylation is 3. The molecular formula is C21H24N4O3S. The molecule has 0 saturated carbocycles. The zero-order chi connectivity index (χ0) is 20.9. The number of nitrogens with one attached hydrogen (secondary N) is 2. The number of carbonyl (C=O) groups excluding carboxylic acids is 1. The Morgan fingerprint density at radius 2 is 1.93 bits per heavy atom. The van der Waals surface area contributed by atoms with Crippen molar-refractivity contribution in [3.05, 3.63) is 77.9 Å². The predicted molar refractivity (Wildman–Crippen MR) is 112 cm³/mol. The van der Waals surface area contributed by atoms with E-state index in [1.165, 1.54) is 0 Å². The van der Waals surface area contributed by atoms with Crippen molar-refractivity contribution in [3.63, 3.8) is 0 Å². The van der Waals surface area contributed by atoms with E-state index in [0.717, 1.165) is 18.5 Å². The number of aromatic nitrogens is 2. The van der Waals surface area contributed by atoms with Crippen LogP contribution in [0.1, 0.15) is 27.9 Å². The fourth-order valence-electron chi connectivity index (χ4n) is 2.94. The first-order valence-electron chi connectivity index (χ1n) is 9.30. The van der Waals surface area contributed by atoms with E-state index in [2.05, 4.69) is 15.0 Å². The van der Waals surface area contributed by atoms with Gasteiger partial charge in [-0.05, 0) is 49.6 Å². The lowest BCUT2D eigenvalue weighted by Crippen LogP contribution is -2.27.